The molecule has 144 valence electrons. The lowest BCUT2D eigenvalue weighted by Gasteiger charge is -2.16. The normalized spacial score (nSPS) is 12.9. The highest BCUT2D eigenvalue weighted by molar-refractivity contribution is 6.51. The summed E-state index contributed by atoms with van der Waals surface area (Å²) in [5.74, 6) is 0.373. The van der Waals surface area contributed by atoms with E-state index in [1.165, 1.54) is 12.1 Å². The summed E-state index contributed by atoms with van der Waals surface area (Å²) in [5, 5.41) is 20.9. The smallest absolute Gasteiger partial charge is 0.259 e. The van der Waals surface area contributed by atoms with Crippen LogP contribution in [0.4, 0.5) is 5.69 Å². The van der Waals surface area contributed by atoms with E-state index in [9.17, 15) is 15.2 Å². The molecule has 0 radical (unpaired) electrons. The van der Waals surface area contributed by atoms with Crippen molar-refractivity contribution in [3.8, 4) is 11.4 Å². The van der Waals surface area contributed by atoms with Gasteiger partial charge in [0.2, 0.25) is 0 Å². The van der Waals surface area contributed by atoms with Gasteiger partial charge in [-0.25, -0.2) is 10.2 Å². The highest BCUT2D eigenvalue weighted by Gasteiger charge is 2.17. The molecule has 1 unspecified atom stereocenters. The van der Waals surface area contributed by atoms with Crippen molar-refractivity contribution in [3.63, 3.8) is 0 Å². The zero-order valence-corrected chi connectivity index (χ0v) is 15.9. The molecular weight excluding hydrogens is 390 g/mol. The molecule has 1 atom stereocenters. The summed E-state index contributed by atoms with van der Waals surface area (Å²) in [7, 11) is 0. The van der Waals surface area contributed by atoms with Gasteiger partial charge in [0.05, 0.1) is 21.5 Å². The molecule has 6 nitrogen and oxygen atoms in total. The van der Waals surface area contributed by atoms with Crippen LogP contribution in [0.1, 0.15) is 11.1 Å². The van der Waals surface area contributed by atoms with Crippen LogP contribution in [-0.2, 0) is 0 Å². The van der Waals surface area contributed by atoms with Gasteiger partial charge in [-0.3, -0.25) is 4.79 Å². The molecule has 3 N–H and O–H groups in total. The van der Waals surface area contributed by atoms with Crippen molar-refractivity contribution in [1.29, 1.82) is 0 Å². The predicted octanol–water partition coefficient (Wildman–Crippen LogP) is 3.73. The number of benzene rings is 3. The molecule has 0 amide bonds. The van der Waals surface area contributed by atoms with E-state index in [1.807, 2.05) is 60.7 Å². The van der Waals surface area contributed by atoms with Crippen molar-refractivity contribution in [2.75, 3.05) is 0 Å². The Morgan fingerprint density at radius 2 is 1.72 bits per heavy atom. The standard InChI is InChI=1S/C22H16ClN3O3/c23-18(11-14-7-3-1-4-8-14)16-12-17-19(13-20(16)26(28)29)24-21(25-22(17)27)15-9-5-2-6-10-15/h1-13,26,28H,(H,24,25,27)/b18-11-. The van der Waals surface area contributed by atoms with E-state index in [4.69, 9.17) is 11.6 Å². The minimum absolute atomic E-state index is 0.0215. The van der Waals surface area contributed by atoms with Crippen molar-refractivity contribution in [2.45, 2.75) is 0 Å². The fraction of sp³-hybridized carbons (Fsp3) is 0. The van der Waals surface area contributed by atoms with Crippen molar-refractivity contribution < 1.29 is 10.4 Å². The van der Waals surface area contributed by atoms with Gasteiger partial charge < -0.3 is 10.2 Å². The number of halogens is 1. The maximum Gasteiger partial charge on any atom is 0.259 e. The van der Waals surface area contributed by atoms with Gasteiger partial charge in [0.1, 0.15) is 5.82 Å². The number of hydrogen-bond acceptors (Lipinski definition) is 4. The number of quaternary nitrogens is 1. The molecule has 4 aromatic rings. The third kappa shape index (κ3) is 3.96. The molecule has 3 aromatic carbocycles. The van der Waals surface area contributed by atoms with Crippen LogP contribution in [0, 0.1) is 5.21 Å². The lowest BCUT2D eigenvalue weighted by atomic mass is 10.1. The molecular formula is C22H16ClN3O3. The maximum absolute atomic E-state index is 12.7. The first-order valence-corrected chi connectivity index (χ1v) is 9.20. The van der Waals surface area contributed by atoms with Gasteiger partial charge in [-0.1, -0.05) is 72.3 Å². The first kappa shape index (κ1) is 19.0. The lowest BCUT2D eigenvalue weighted by molar-refractivity contribution is -0.991. The average Bonchev–Trinajstić information content (AvgIpc) is 2.74. The van der Waals surface area contributed by atoms with Crippen LogP contribution in [0.5, 0.6) is 0 Å². The van der Waals surface area contributed by atoms with Crippen molar-refractivity contribution in [3.05, 3.63) is 99.5 Å². The second-order valence-corrected chi connectivity index (χ2v) is 6.81. The second-order valence-electron chi connectivity index (χ2n) is 6.40. The summed E-state index contributed by atoms with van der Waals surface area (Å²) in [5.41, 5.74) is 1.71. The van der Waals surface area contributed by atoms with E-state index in [-0.39, 0.29) is 32.7 Å². The zero-order chi connectivity index (χ0) is 20.4. The van der Waals surface area contributed by atoms with Crippen LogP contribution in [0.3, 0.4) is 0 Å². The van der Waals surface area contributed by atoms with Crippen LogP contribution in [0.15, 0.2) is 77.6 Å². The largest absolute Gasteiger partial charge is 0.595 e. The summed E-state index contributed by atoms with van der Waals surface area (Å²) >= 11 is 6.43. The van der Waals surface area contributed by atoms with Gasteiger partial charge in [0, 0.05) is 11.6 Å². The minimum Gasteiger partial charge on any atom is -0.595 e. The average molecular weight is 406 g/mol. The van der Waals surface area contributed by atoms with Gasteiger partial charge in [-0.2, -0.15) is 5.23 Å². The first-order chi connectivity index (χ1) is 14.0. The predicted molar refractivity (Wildman–Crippen MR) is 114 cm³/mol. The van der Waals surface area contributed by atoms with Crippen molar-refractivity contribution in [1.82, 2.24) is 9.97 Å². The Balaban J connectivity index is 1.90. The molecule has 0 spiro atoms. The number of H-pyrrole nitrogens is 1. The van der Waals surface area contributed by atoms with E-state index in [0.717, 1.165) is 11.1 Å². The van der Waals surface area contributed by atoms with Gasteiger partial charge in [-0.15, -0.1) is 0 Å². The zero-order valence-electron chi connectivity index (χ0n) is 15.1. The van der Waals surface area contributed by atoms with Crippen molar-refractivity contribution >= 4 is 39.3 Å². The summed E-state index contributed by atoms with van der Waals surface area (Å²) in [6.07, 6.45) is 1.66. The topological polar surface area (TPSA) is 93.5 Å². The number of aromatic nitrogens is 2. The molecule has 0 bridgehead atoms. The number of nitrogens with one attached hydrogen (secondary N) is 2. The van der Waals surface area contributed by atoms with Crippen LogP contribution in [-0.4, -0.2) is 15.2 Å². The van der Waals surface area contributed by atoms with E-state index in [2.05, 4.69) is 9.97 Å². The summed E-state index contributed by atoms with van der Waals surface area (Å²) in [4.78, 5) is 19.9. The van der Waals surface area contributed by atoms with Gasteiger partial charge in [0.25, 0.3) is 5.56 Å². The Morgan fingerprint density at radius 3 is 2.38 bits per heavy atom. The Morgan fingerprint density at radius 1 is 1.07 bits per heavy atom. The molecule has 29 heavy (non-hydrogen) atoms. The Kier molecular flexibility index (Phi) is 5.24. The van der Waals surface area contributed by atoms with Crippen LogP contribution >= 0.6 is 11.6 Å². The number of fused-ring (bicyclic) bond motifs is 1. The Hall–Kier alpha value is -3.29. The summed E-state index contributed by atoms with van der Waals surface area (Å²) < 4.78 is 0. The third-order valence-corrected chi connectivity index (χ3v) is 4.79. The monoisotopic (exact) mass is 405 g/mol. The molecule has 0 saturated heterocycles. The van der Waals surface area contributed by atoms with Crippen LogP contribution in [0.2, 0.25) is 0 Å². The highest BCUT2D eigenvalue weighted by atomic mass is 35.5. The van der Waals surface area contributed by atoms with Gasteiger partial charge >= 0.3 is 0 Å². The minimum atomic E-state index is -1.15. The molecule has 0 saturated carbocycles. The second kappa shape index (κ2) is 7.98. The van der Waals surface area contributed by atoms with Gasteiger partial charge in [-0.05, 0) is 17.7 Å². The number of aromatic amines is 1. The fourth-order valence-electron chi connectivity index (χ4n) is 3.07. The van der Waals surface area contributed by atoms with Crippen molar-refractivity contribution in [2.24, 2.45) is 0 Å². The first-order valence-electron chi connectivity index (χ1n) is 8.82. The third-order valence-electron chi connectivity index (χ3n) is 4.47. The summed E-state index contributed by atoms with van der Waals surface area (Å²) in [6, 6.07) is 21.3. The molecule has 0 aliphatic rings. The quantitative estimate of drug-likeness (QED) is 0.356. The molecule has 0 fully saturated rings. The SMILES string of the molecule is O=c1[nH]c(-c2ccccc2)nc2cc([NH+]([O-])O)c(/C(Cl)=C/c3ccccc3)cc12. The van der Waals surface area contributed by atoms with Gasteiger partial charge in [0.15, 0.2) is 5.69 Å². The van der Waals surface area contributed by atoms with E-state index in [1.54, 1.807) is 6.08 Å². The van der Waals surface area contributed by atoms with Crippen LogP contribution in [0.25, 0.3) is 33.4 Å². The molecule has 1 aromatic heterocycles. The molecule has 0 aliphatic heterocycles. The number of nitrogens with zero attached hydrogens (tertiary/aromatic N) is 1. The fourth-order valence-corrected chi connectivity index (χ4v) is 3.35. The Labute approximate surface area is 170 Å². The molecule has 4 rings (SSSR count). The lowest BCUT2D eigenvalue weighted by Crippen LogP contribution is -2.99. The maximum atomic E-state index is 12.7. The molecule has 1 heterocycles. The van der Waals surface area contributed by atoms with E-state index in [0.29, 0.717) is 5.82 Å². The molecule has 7 heteroatoms. The van der Waals surface area contributed by atoms with E-state index < -0.39 is 5.23 Å². The number of hydrogen-bond donors (Lipinski definition) is 3. The molecule has 0 aliphatic carbocycles. The Bertz CT molecular complexity index is 1250. The number of rotatable bonds is 4. The van der Waals surface area contributed by atoms with Crippen LogP contribution < -0.4 is 10.8 Å². The highest BCUT2D eigenvalue weighted by Crippen LogP contribution is 2.30. The summed E-state index contributed by atoms with van der Waals surface area (Å²) in [6.45, 7) is 0. The van der Waals surface area contributed by atoms with E-state index >= 15 is 0 Å².